The van der Waals surface area contributed by atoms with E-state index in [1.807, 2.05) is 0 Å². The van der Waals surface area contributed by atoms with E-state index in [0.717, 1.165) is 51.6 Å². The first-order chi connectivity index (χ1) is 18.5. The average molecular weight is 555 g/mol. The van der Waals surface area contributed by atoms with Gasteiger partial charge in [-0.1, -0.05) is 0 Å². The minimum absolute atomic E-state index is 0.0498. The Morgan fingerprint density at radius 2 is 1.03 bits per heavy atom. The van der Waals surface area contributed by atoms with Crippen molar-refractivity contribution in [2.24, 2.45) is 11.5 Å². The fourth-order valence-corrected chi connectivity index (χ4v) is 5.23. The molecule has 4 heterocycles. The second-order valence-electron chi connectivity index (χ2n) is 10.1. The van der Waals surface area contributed by atoms with Gasteiger partial charge in [0.05, 0.1) is 12.1 Å². The molecule has 4 rings (SSSR count). The highest BCUT2D eigenvalue weighted by molar-refractivity contribution is 5.90. The summed E-state index contributed by atoms with van der Waals surface area (Å²) >= 11 is 0. The van der Waals surface area contributed by atoms with Gasteiger partial charge in [0.15, 0.2) is 0 Å². The van der Waals surface area contributed by atoms with E-state index in [9.17, 15) is 28.8 Å². The second kappa shape index (κ2) is 16.0. The van der Waals surface area contributed by atoms with Crippen LogP contribution in [0.2, 0.25) is 0 Å². The summed E-state index contributed by atoms with van der Waals surface area (Å²) in [6.07, 6.45) is 7.10. The summed E-state index contributed by atoms with van der Waals surface area (Å²) < 4.78 is 0. The molecule has 14 heteroatoms. The molecule has 8 N–H and O–H groups in total. The molecule has 14 nitrogen and oxygen atoms in total. The lowest BCUT2D eigenvalue weighted by Crippen LogP contribution is -2.49. The number of carboxylic acid groups (broad SMARTS) is 2. The van der Waals surface area contributed by atoms with E-state index in [2.05, 4.69) is 10.6 Å². The first-order valence-electron chi connectivity index (χ1n) is 13.6. The molecule has 0 aromatic rings. The highest BCUT2D eigenvalue weighted by Crippen LogP contribution is 2.21. The summed E-state index contributed by atoms with van der Waals surface area (Å²) in [5, 5.41) is 22.4. The molecule has 4 atom stereocenters. The number of nitrogens with two attached hydrogens (primary N) is 2. The number of amides is 4. The molecule has 4 aliphatic heterocycles. The molecule has 0 saturated carbocycles. The van der Waals surface area contributed by atoms with Crippen molar-refractivity contribution in [3.63, 3.8) is 0 Å². The molecule has 0 spiro atoms. The van der Waals surface area contributed by atoms with Crippen molar-refractivity contribution in [2.45, 2.75) is 94.8 Å². The van der Waals surface area contributed by atoms with E-state index >= 15 is 0 Å². The predicted octanol–water partition coefficient (Wildman–Crippen LogP) is -1.24. The molecule has 220 valence electrons. The van der Waals surface area contributed by atoms with Gasteiger partial charge in [0, 0.05) is 25.9 Å². The monoisotopic (exact) mass is 554 g/mol. The zero-order valence-corrected chi connectivity index (χ0v) is 22.3. The van der Waals surface area contributed by atoms with Crippen molar-refractivity contribution in [1.29, 1.82) is 0 Å². The van der Waals surface area contributed by atoms with Crippen molar-refractivity contribution in [3.8, 4) is 0 Å². The number of nitrogens with one attached hydrogen (secondary N) is 2. The molecular weight excluding hydrogens is 512 g/mol. The third kappa shape index (κ3) is 10.1. The predicted molar refractivity (Wildman–Crippen MR) is 139 cm³/mol. The number of carbonyl (C=O) groups excluding carboxylic acids is 4. The third-order valence-electron chi connectivity index (χ3n) is 7.23. The Kier molecular flexibility index (Phi) is 13.1. The Bertz CT molecular complexity index is 818. The van der Waals surface area contributed by atoms with Gasteiger partial charge in [0.25, 0.3) is 0 Å². The summed E-state index contributed by atoms with van der Waals surface area (Å²) in [4.78, 5) is 69.2. The second-order valence-corrected chi connectivity index (χ2v) is 10.1. The van der Waals surface area contributed by atoms with Crippen LogP contribution in [0, 0.1) is 0 Å². The normalized spacial score (nSPS) is 25.7. The van der Waals surface area contributed by atoms with Crippen LogP contribution in [0.3, 0.4) is 0 Å². The lowest BCUT2D eigenvalue weighted by Gasteiger charge is -2.25. The van der Waals surface area contributed by atoms with Crippen LogP contribution in [0.1, 0.15) is 70.6 Å². The number of likely N-dealkylation sites (tertiary alicyclic amines) is 2. The number of carboxylic acids is 2. The third-order valence-corrected chi connectivity index (χ3v) is 7.23. The Labute approximate surface area is 227 Å². The molecule has 0 aliphatic carbocycles. The van der Waals surface area contributed by atoms with Gasteiger partial charge in [-0.15, -0.1) is 0 Å². The Hall–Kier alpha value is -3.26. The summed E-state index contributed by atoms with van der Waals surface area (Å²) in [6, 6.07) is -0.935. The van der Waals surface area contributed by atoms with Gasteiger partial charge >= 0.3 is 11.9 Å². The van der Waals surface area contributed by atoms with Crippen molar-refractivity contribution < 1.29 is 39.0 Å². The van der Waals surface area contributed by atoms with Crippen LogP contribution in [0.25, 0.3) is 0 Å². The summed E-state index contributed by atoms with van der Waals surface area (Å²) in [5.41, 5.74) is 10.5. The first kappa shape index (κ1) is 32.0. The van der Waals surface area contributed by atoms with Crippen molar-refractivity contribution >= 4 is 35.6 Å². The first-order valence-corrected chi connectivity index (χ1v) is 13.6. The van der Waals surface area contributed by atoms with E-state index in [1.54, 1.807) is 9.80 Å². The Morgan fingerprint density at radius 3 is 1.31 bits per heavy atom. The van der Waals surface area contributed by atoms with Crippen LogP contribution < -0.4 is 22.1 Å². The highest BCUT2D eigenvalue weighted by atomic mass is 16.4. The highest BCUT2D eigenvalue weighted by Gasteiger charge is 2.37. The van der Waals surface area contributed by atoms with Crippen LogP contribution in [0.4, 0.5) is 0 Å². The van der Waals surface area contributed by atoms with Crippen LogP contribution in [-0.4, -0.2) is 106 Å². The van der Waals surface area contributed by atoms with Crippen LogP contribution in [0.5, 0.6) is 0 Å². The van der Waals surface area contributed by atoms with E-state index < -0.39 is 11.9 Å². The fourth-order valence-electron chi connectivity index (χ4n) is 5.23. The molecule has 4 aliphatic rings. The molecule has 39 heavy (non-hydrogen) atoms. The lowest BCUT2D eigenvalue weighted by atomic mass is 10.1. The molecule has 2 unspecified atom stereocenters. The van der Waals surface area contributed by atoms with Gasteiger partial charge in [-0.2, -0.15) is 0 Å². The standard InChI is InChI=1S/2C10H17N3O2.C5H8O4/c2*11-9(14)8-4-2-6-13(8)10(15)7-3-1-5-12-7;6-4(7)2-1-3-5(8)9/h2*7-8,12H,1-6H2,(H2,11,14);1-3H2,(H,6,7)(H,8,9)/t2*7-,8?;/m00./s1. The molecule has 4 saturated heterocycles. The Balaban J connectivity index is 0.000000213. The zero-order valence-electron chi connectivity index (χ0n) is 22.3. The zero-order chi connectivity index (χ0) is 28.9. The number of aliphatic carboxylic acids is 2. The van der Waals surface area contributed by atoms with Gasteiger partial charge in [-0.3, -0.25) is 28.8 Å². The number of primary amides is 2. The number of hydrogen-bond donors (Lipinski definition) is 6. The number of nitrogens with zero attached hydrogens (tertiary/aromatic N) is 2. The minimum Gasteiger partial charge on any atom is -0.481 e. The maximum absolute atomic E-state index is 12.0. The van der Waals surface area contributed by atoms with Gasteiger partial charge in [0.1, 0.15) is 12.1 Å². The van der Waals surface area contributed by atoms with Crippen molar-refractivity contribution in [1.82, 2.24) is 20.4 Å². The molecule has 0 aromatic carbocycles. The average Bonchev–Trinajstić information content (AvgIpc) is 3.71. The van der Waals surface area contributed by atoms with Gasteiger partial charge < -0.3 is 42.1 Å². The molecular formula is C25H42N6O8. The molecule has 0 bridgehead atoms. The Morgan fingerprint density at radius 1 is 0.641 bits per heavy atom. The van der Waals surface area contributed by atoms with E-state index in [1.165, 1.54) is 0 Å². The van der Waals surface area contributed by atoms with Crippen LogP contribution >= 0.6 is 0 Å². The smallest absolute Gasteiger partial charge is 0.303 e. The summed E-state index contributed by atoms with van der Waals surface area (Å²) in [5.74, 6) is -2.55. The van der Waals surface area contributed by atoms with Gasteiger partial charge in [-0.05, 0) is 70.9 Å². The van der Waals surface area contributed by atoms with Crippen molar-refractivity contribution in [3.05, 3.63) is 0 Å². The van der Waals surface area contributed by atoms with Crippen molar-refractivity contribution in [2.75, 3.05) is 26.2 Å². The number of hydrogen-bond acceptors (Lipinski definition) is 8. The molecule has 4 fully saturated rings. The number of rotatable bonds is 8. The van der Waals surface area contributed by atoms with Gasteiger partial charge in [0.2, 0.25) is 23.6 Å². The fraction of sp³-hybridized carbons (Fsp3) is 0.760. The summed E-state index contributed by atoms with van der Waals surface area (Å²) in [7, 11) is 0. The molecule has 4 amide bonds. The summed E-state index contributed by atoms with van der Waals surface area (Å²) in [6.45, 7) is 3.13. The maximum atomic E-state index is 12.0. The lowest BCUT2D eigenvalue weighted by molar-refractivity contribution is -0.139. The van der Waals surface area contributed by atoms with Crippen LogP contribution in [0.15, 0.2) is 0 Å². The minimum atomic E-state index is -0.948. The topological polar surface area (TPSA) is 225 Å². The van der Waals surface area contributed by atoms with Gasteiger partial charge in [-0.25, -0.2) is 0 Å². The van der Waals surface area contributed by atoms with E-state index in [-0.39, 0.29) is 67.1 Å². The maximum Gasteiger partial charge on any atom is 0.303 e. The van der Waals surface area contributed by atoms with E-state index in [4.69, 9.17) is 21.7 Å². The largest absolute Gasteiger partial charge is 0.481 e. The molecule has 0 aromatic heterocycles. The van der Waals surface area contributed by atoms with E-state index in [0.29, 0.717) is 25.9 Å². The molecule has 0 radical (unpaired) electrons. The van der Waals surface area contributed by atoms with Crippen LogP contribution in [-0.2, 0) is 28.8 Å². The quantitative estimate of drug-likeness (QED) is 0.209. The number of carbonyl (C=O) groups is 6. The SMILES string of the molecule is NC(=O)C1CCCN1C(=O)[C@@H]1CCCN1.NC(=O)C1CCCN1C(=O)[C@@H]1CCCN1.O=C(O)CCCC(=O)O.